The number of carbonyl (C=O) groups is 1. The van der Waals surface area contributed by atoms with E-state index in [0.29, 0.717) is 16.6 Å². The Bertz CT molecular complexity index is 376. The molecule has 0 aliphatic heterocycles. The summed E-state index contributed by atoms with van der Waals surface area (Å²) in [5, 5.41) is 3.04. The van der Waals surface area contributed by atoms with Gasteiger partial charge in [-0.15, -0.1) is 11.8 Å². The molecule has 1 aromatic heterocycles. The van der Waals surface area contributed by atoms with E-state index in [1.54, 1.807) is 30.1 Å². The number of halogens is 1. The molecule has 1 amide bonds. The largest absolute Gasteiger partial charge is 0.323 e. The van der Waals surface area contributed by atoms with Crippen molar-refractivity contribution in [1.82, 2.24) is 4.98 Å². The van der Waals surface area contributed by atoms with Crippen molar-refractivity contribution in [1.29, 1.82) is 0 Å². The third-order valence-corrected chi connectivity index (χ3v) is 3.24. The van der Waals surface area contributed by atoms with Gasteiger partial charge >= 0.3 is 0 Å². The van der Waals surface area contributed by atoms with Crippen molar-refractivity contribution in [3.63, 3.8) is 0 Å². The summed E-state index contributed by atoms with van der Waals surface area (Å²) >= 11 is 7.42. The van der Waals surface area contributed by atoms with Gasteiger partial charge in [-0.3, -0.25) is 4.79 Å². The third-order valence-electron chi connectivity index (χ3n) is 1.67. The van der Waals surface area contributed by atoms with Crippen LogP contribution in [-0.2, 0) is 4.79 Å². The Morgan fingerprint density at radius 1 is 1.56 bits per heavy atom. The lowest BCUT2D eigenvalue weighted by atomic mass is 10.3. The van der Waals surface area contributed by atoms with E-state index in [2.05, 4.69) is 31.1 Å². The molecule has 0 aliphatic rings. The SMILES string of the molecule is CC(C)(C)SCC(=O)Nc1cccnc1Cl. The van der Waals surface area contributed by atoms with Crippen LogP contribution in [0.3, 0.4) is 0 Å². The van der Waals surface area contributed by atoms with Crippen LogP contribution in [0.25, 0.3) is 0 Å². The topological polar surface area (TPSA) is 42.0 Å². The maximum absolute atomic E-state index is 11.6. The van der Waals surface area contributed by atoms with Crippen molar-refractivity contribution < 1.29 is 4.79 Å². The zero-order chi connectivity index (χ0) is 12.2. The summed E-state index contributed by atoms with van der Waals surface area (Å²) in [4.78, 5) is 15.5. The average Bonchev–Trinajstić information content (AvgIpc) is 2.18. The molecule has 0 aliphatic carbocycles. The van der Waals surface area contributed by atoms with Crippen LogP contribution in [-0.4, -0.2) is 21.4 Å². The van der Waals surface area contributed by atoms with Crippen molar-refractivity contribution in [3.05, 3.63) is 23.5 Å². The number of anilines is 1. The van der Waals surface area contributed by atoms with Gasteiger partial charge in [0.25, 0.3) is 0 Å². The van der Waals surface area contributed by atoms with Crippen LogP contribution < -0.4 is 5.32 Å². The van der Waals surface area contributed by atoms with Crippen LogP contribution in [0.4, 0.5) is 5.69 Å². The van der Waals surface area contributed by atoms with E-state index in [-0.39, 0.29) is 10.7 Å². The molecule has 3 nitrogen and oxygen atoms in total. The van der Waals surface area contributed by atoms with Crippen LogP contribution in [0.1, 0.15) is 20.8 Å². The minimum Gasteiger partial charge on any atom is -0.323 e. The van der Waals surface area contributed by atoms with Gasteiger partial charge in [0.05, 0.1) is 11.4 Å². The van der Waals surface area contributed by atoms with Gasteiger partial charge in [-0.05, 0) is 12.1 Å². The highest BCUT2D eigenvalue weighted by Gasteiger charge is 2.14. The number of carbonyl (C=O) groups excluding carboxylic acids is 1. The Balaban J connectivity index is 2.50. The van der Waals surface area contributed by atoms with Crippen LogP contribution >= 0.6 is 23.4 Å². The molecule has 88 valence electrons. The van der Waals surface area contributed by atoms with E-state index < -0.39 is 0 Å². The fraction of sp³-hybridized carbons (Fsp3) is 0.455. The van der Waals surface area contributed by atoms with Crippen molar-refractivity contribution in [2.45, 2.75) is 25.5 Å². The summed E-state index contributed by atoms with van der Waals surface area (Å²) in [6.45, 7) is 6.21. The van der Waals surface area contributed by atoms with Gasteiger partial charge in [-0.25, -0.2) is 4.98 Å². The number of thioether (sulfide) groups is 1. The zero-order valence-electron chi connectivity index (χ0n) is 9.58. The first kappa shape index (κ1) is 13.3. The summed E-state index contributed by atoms with van der Waals surface area (Å²) in [6.07, 6.45) is 1.59. The number of amides is 1. The second kappa shape index (κ2) is 5.55. The molecule has 0 spiro atoms. The summed E-state index contributed by atoms with van der Waals surface area (Å²) in [5.74, 6) is 0.351. The molecule has 0 saturated carbocycles. The number of aromatic nitrogens is 1. The monoisotopic (exact) mass is 258 g/mol. The zero-order valence-corrected chi connectivity index (χ0v) is 11.2. The van der Waals surface area contributed by atoms with E-state index in [1.807, 2.05) is 0 Å². The Morgan fingerprint density at radius 3 is 2.81 bits per heavy atom. The molecule has 0 unspecified atom stereocenters. The third kappa shape index (κ3) is 4.86. The normalized spacial score (nSPS) is 11.2. The van der Waals surface area contributed by atoms with Gasteiger partial charge in [0.15, 0.2) is 5.15 Å². The van der Waals surface area contributed by atoms with Crippen molar-refractivity contribution >= 4 is 35.0 Å². The standard InChI is InChI=1S/C11H15ClN2OS/c1-11(2,3)16-7-9(15)14-8-5-4-6-13-10(8)12/h4-6H,7H2,1-3H3,(H,14,15). The summed E-state index contributed by atoms with van der Waals surface area (Å²) in [5.41, 5.74) is 0.559. The summed E-state index contributed by atoms with van der Waals surface area (Å²) in [7, 11) is 0. The summed E-state index contributed by atoms with van der Waals surface area (Å²) < 4.78 is 0.0794. The Kier molecular flexibility index (Phi) is 4.62. The highest BCUT2D eigenvalue weighted by molar-refractivity contribution is 8.01. The molecule has 16 heavy (non-hydrogen) atoms. The lowest BCUT2D eigenvalue weighted by molar-refractivity contribution is -0.113. The van der Waals surface area contributed by atoms with E-state index in [0.717, 1.165) is 0 Å². The smallest absolute Gasteiger partial charge is 0.234 e. The molecular formula is C11H15ClN2OS. The Labute approximate surface area is 105 Å². The highest BCUT2D eigenvalue weighted by Crippen LogP contribution is 2.23. The molecule has 1 aromatic rings. The first-order valence-corrected chi connectivity index (χ1v) is 6.29. The second-order valence-corrected chi connectivity index (χ2v) is 6.45. The van der Waals surface area contributed by atoms with Gasteiger partial charge in [0.1, 0.15) is 0 Å². The fourth-order valence-electron chi connectivity index (χ4n) is 0.948. The minimum absolute atomic E-state index is 0.0603. The van der Waals surface area contributed by atoms with E-state index in [9.17, 15) is 4.79 Å². The van der Waals surface area contributed by atoms with Crippen LogP contribution in [0.5, 0.6) is 0 Å². The quantitative estimate of drug-likeness (QED) is 0.847. The summed E-state index contributed by atoms with van der Waals surface area (Å²) in [6, 6.07) is 3.47. The first-order valence-electron chi connectivity index (χ1n) is 4.93. The molecule has 1 N–H and O–H groups in total. The fourth-order valence-corrected chi connectivity index (χ4v) is 1.75. The molecule has 0 aromatic carbocycles. The number of rotatable bonds is 3. The van der Waals surface area contributed by atoms with E-state index in [1.165, 1.54) is 0 Å². The van der Waals surface area contributed by atoms with Gasteiger partial charge in [-0.1, -0.05) is 32.4 Å². The molecule has 1 rings (SSSR count). The average molecular weight is 259 g/mol. The molecule has 5 heteroatoms. The molecular weight excluding hydrogens is 244 g/mol. The Morgan fingerprint density at radius 2 is 2.25 bits per heavy atom. The molecule has 0 saturated heterocycles. The lowest BCUT2D eigenvalue weighted by Crippen LogP contribution is -2.19. The van der Waals surface area contributed by atoms with E-state index >= 15 is 0 Å². The number of nitrogens with one attached hydrogen (secondary N) is 1. The van der Waals surface area contributed by atoms with Crippen LogP contribution in [0, 0.1) is 0 Å². The first-order chi connectivity index (χ1) is 7.38. The van der Waals surface area contributed by atoms with Crippen molar-refractivity contribution in [3.8, 4) is 0 Å². The Hall–Kier alpha value is -0.740. The number of nitrogens with zero attached hydrogens (tertiary/aromatic N) is 1. The van der Waals surface area contributed by atoms with Crippen LogP contribution in [0.2, 0.25) is 5.15 Å². The molecule has 0 fully saturated rings. The predicted molar refractivity (Wildman–Crippen MR) is 70.1 cm³/mol. The molecule has 0 radical (unpaired) electrons. The van der Waals surface area contributed by atoms with Gasteiger partial charge in [0.2, 0.25) is 5.91 Å². The lowest BCUT2D eigenvalue weighted by Gasteiger charge is -2.17. The predicted octanol–water partition coefficient (Wildman–Crippen LogP) is 3.21. The van der Waals surface area contributed by atoms with Gasteiger partial charge in [0, 0.05) is 10.9 Å². The maximum atomic E-state index is 11.6. The van der Waals surface area contributed by atoms with Gasteiger partial charge in [-0.2, -0.15) is 0 Å². The van der Waals surface area contributed by atoms with Crippen molar-refractivity contribution in [2.24, 2.45) is 0 Å². The highest BCUT2D eigenvalue weighted by atomic mass is 35.5. The van der Waals surface area contributed by atoms with E-state index in [4.69, 9.17) is 11.6 Å². The molecule has 1 heterocycles. The molecule has 0 atom stereocenters. The minimum atomic E-state index is -0.0603. The number of hydrogen-bond donors (Lipinski definition) is 1. The maximum Gasteiger partial charge on any atom is 0.234 e. The van der Waals surface area contributed by atoms with Crippen LogP contribution in [0.15, 0.2) is 18.3 Å². The van der Waals surface area contributed by atoms with Gasteiger partial charge < -0.3 is 5.32 Å². The number of pyridine rings is 1. The molecule has 0 bridgehead atoms. The second-order valence-electron chi connectivity index (χ2n) is 4.29. The van der Waals surface area contributed by atoms with Crippen molar-refractivity contribution in [2.75, 3.05) is 11.1 Å². The number of hydrogen-bond acceptors (Lipinski definition) is 3.